The van der Waals surface area contributed by atoms with E-state index in [9.17, 15) is 9.18 Å². The van der Waals surface area contributed by atoms with E-state index in [2.05, 4.69) is 15.1 Å². The largest absolute Gasteiger partial charge is 0.369 e. The quantitative estimate of drug-likeness (QED) is 0.740. The van der Waals surface area contributed by atoms with E-state index in [4.69, 9.17) is 0 Å². The summed E-state index contributed by atoms with van der Waals surface area (Å²) in [6.07, 6.45) is 0. The highest BCUT2D eigenvalue weighted by atomic mass is 19.1. The topological polar surface area (TPSA) is 40.5 Å². The molecule has 5 nitrogen and oxygen atoms in total. The lowest BCUT2D eigenvalue weighted by Crippen LogP contribution is -2.48. The fraction of sp³-hybridized carbons (Fsp3) is 0.318. The number of rotatable bonds is 5. The van der Waals surface area contributed by atoms with Crippen LogP contribution in [-0.2, 0) is 7.05 Å². The summed E-state index contributed by atoms with van der Waals surface area (Å²) < 4.78 is 15.0. The Hall–Kier alpha value is -2.86. The van der Waals surface area contributed by atoms with Gasteiger partial charge in [0.05, 0.1) is 0 Å². The molecule has 0 unspecified atom stereocenters. The SMILES string of the molecule is Cn1c(C(=O)NCCN2CCN(c3ccc(F)cc3)CC2)cc2ccccc21. The van der Waals surface area contributed by atoms with Crippen LogP contribution >= 0.6 is 0 Å². The molecule has 0 bridgehead atoms. The standard InChI is InChI=1S/C22H25FN4O/c1-25-20-5-3-2-4-17(20)16-21(25)22(28)24-10-11-26-12-14-27(15-13-26)19-8-6-18(23)7-9-19/h2-9,16H,10-15H2,1H3,(H,24,28). The zero-order valence-electron chi connectivity index (χ0n) is 16.1. The second-order valence-corrected chi connectivity index (χ2v) is 7.21. The molecule has 1 aliphatic rings. The average Bonchev–Trinajstić information content (AvgIpc) is 3.06. The van der Waals surface area contributed by atoms with Crippen molar-refractivity contribution in [3.05, 3.63) is 66.1 Å². The Labute approximate surface area is 164 Å². The van der Waals surface area contributed by atoms with Gasteiger partial charge >= 0.3 is 0 Å². The number of anilines is 1. The highest BCUT2D eigenvalue weighted by molar-refractivity contribution is 5.98. The van der Waals surface area contributed by atoms with Crippen molar-refractivity contribution in [1.82, 2.24) is 14.8 Å². The Kier molecular flexibility index (Phi) is 5.30. The van der Waals surface area contributed by atoms with Gasteiger partial charge in [-0.25, -0.2) is 4.39 Å². The van der Waals surface area contributed by atoms with E-state index in [1.54, 1.807) is 0 Å². The molecule has 28 heavy (non-hydrogen) atoms. The van der Waals surface area contributed by atoms with E-state index in [1.165, 1.54) is 12.1 Å². The summed E-state index contributed by atoms with van der Waals surface area (Å²) >= 11 is 0. The van der Waals surface area contributed by atoms with Crippen molar-refractivity contribution in [2.24, 2.45) is 7.05 Å². The first-order valence-corrected chi connectivity index (χ1v) is 9.67. The monoisotopic (exact) mass is 380 g/mol. The molecule has 3 aromatic rings. The number of nitrogens with one attached hydrogen (secondary N) is 1. The predicted octanol–water partition coefficient (Wildman–Crippen LogP) is 2.87. The van der Waals surface area contributed by atoms with Crippen molar-refractivity contribution in [2.75, 3.05) is 44.2 Å². The smallest absolute Gasteiger partial charge is 0.267 e. The molecule has 0 spiro atoms. The van der Waals surface area contributed by atoms with Crippen LogP contribution < -0.4 is 10.2 Å². The molecule has 0 radical (unpaired) electrons. The van der Waals surface area contributed by atoms with Crippen molar-refractivity contribution >= 4 is 22.5 Å². The normalized spacial score (nSPS) is 15.1. The Morgan fingerprint density at radius 1 is 1.04 bits per heavy atom. The fourth-order valence-electron chi connectivity index (χ4n) is 3.81. The number of nitrogens with zero attached hydrogens (tertiary/aromatic N) is 3. The first-order chi connectivity index (χ1) is 13.6. The molecule has 0 saturated carbocycles. The van der Waals surface area contributed by atoms with Crippen LogP contribution in [0.1, 0.15) is 10.5 Å². The molecule has 1 aliphatic heterocycles. The molecule has 1 saturated heterocycles. The first-order valence-electron chi connectivity index (χ1n) is 9.67. The molecule has 4 rings (SSSR count). The predicted molar refractivity (Wildman–Crippen MR) is 110 cm³/mol. The number of fused-ring (bicyclic) bond motifs is 1. The number of aryl methyl sites for hydroxylation is 1. The number of benzene rings is 2. The number of carbonyl (C=O) groups excluding carboxylic acids is 1. The minimum Gasteiger partial charge on any atom is -0.369 e. The lowest BCUT2D eigenvalue weighted by Gasteiger charge is -2.36. The van der Waals surface area contributed by atoms with E-state index >= 15 is 0 Å². The highest BCUT2D eigenvalue weighted by Crippen LogP contribution is 2.18. The van der Waals surface area contributed by atoms with Gasteiger partial charge in [0, 0.05) is 62.9 Å². The van der Waals surface area contributed by atoms with Crippen LogP contribution in [0.2, 0.25) is 0 Å². The van der Waals surface area contributed by atoms with Crippen LogP contribution in [0.15, 0.2) is 54.6 Å². The summed E-state index contributed by atoms with van der Waals surface area (Å²) in [6, 6.07) is 16.6. The number of amides is 1. The third-order valence-corrected chi connectivity index (χ3v) is 5.46. The number of halogens is 1. The van der Waals surface area contributed by atoms with Crippen LogP contribution in [0.3, 0.4) is 0 Å². The van der Waals surface area contributed by atoms with Gasteiger partial charge in [-0.05, 0) is 36.4 Å². The maximum absolute atomic E-state index is 13.1. The molecule has 6 heteroatoms. The van der Waals surface area contributed by atoms with Gasteiger partial charge < -0.3 is 14.8 Å². The molecule has 1 amide bonds. The zero-order valence-corrected chi connectivity index (χ0v) is 16.1. The molecule has 1 N–H and O–H groups in total. The van der Waals surface area contributed by atoms with Crippen LogP contribution in [0, 0.1) is 5.82 Å². The van der Waals surface area contributed by atoms with Gasteiger partial charge in [-0.1, -0.05) is 18.2 Å². The minimum atomic E-state index is -0.204. The number of para-hydroxylation sites is 1. The van der Waals surface area contributed by atoms with E-state index in [0.717, 1.165) is 49.3 Å². The van der Waals surface area contributed by atoms with Gasteiger partial charge in [0.2, 0.25) is 0 Å². The molecule has 1 fully saturated rings. The van der Waals surface area contributed by atoms with Crippen LogP contribution in [0.25, 0.3) is 10.9 Å². The highest BCUT2D eigenvalue weighted by Gasteiger charge is 2.18. The maximum Gasteiger partial charge on any atom is 0.267 e. The van der Waals surface area contributed by atoms with E-state index in [0.29, 0.717) is 12.2 Å². The summed E-state index contributed by atoms with van der Waals surface area (Å²) in [4.78, 5) is 17.2. The molecule has 2 aromatic carbocycles. The Morgan fingerprint density at radius 2 is 1.75 bits per heavy atom. The lowest BCUT2D eigenvalue weighted by molar-refractivity contribution is 0.0940. The van der Waals surface area contributed by atoms with Crippen LogP contribution in [0.4, 0.5) is 10.1 Å². The van der Waals surface area contributed by atoms with Crippen molar-refractivity contribution in [3.8, 4) is 0 Å². The summed E-state index contributed by atoms with van der Waals surface area (Å²) in [6.45, 7) is 5.12. The van der Waals surface area contributed by atoms with Gasteiger partial charge in [-0.15, -0.1) is 0 Å². The summed E-state index contributed by atoms with van der Waals surface area (Å²) in [5.41, 5.74) is 2.80. The third-order valence-electron chi connectivity index (χ3n) is 5.46. The number of hydrogen-bond donors (Lipinski definition) is 1. The second-order valence-electron chi connectivity index (χ2n) is 7.21. The minimum absolute atomic E-state index is 0.0383. The van der Waals surface area contributed by atoms with E-state index < -0.39 is 0 Å². The van der Waals surface area contributed by atoms with Gasteiger partial charge in [0.1, 0.15) is 11.5 Å². The van der Waals surface area contributed by atoms with Gasteiger partial charge in [-0.3, -0.25) is 9.69 Å². The van der Waals surface area contributed by atoms with E-state index in [-0.39, 0.29) is 11.7 Å². The Morgan fingerprint density at radius 3 is 2.46 bits per heavy atom. The maximum atomic E-state index is 13.1. The molecule has 146 valence electrons. The van der Waals surface area contributed by atoms with E-state index in [1.807, 2.05) is 54.1 Å². The number of piperazine rings is 1. The molecule has 0 atom stereocenters. The number of carbonyl (C=O) groups is 1. The molecule has 2 heterocycles. The van der Waals surface area contributed by atoms with Gasteiger partial charge in [0.25, 0.3) is 5.91 Å². The molecule has 0 aliphatic carbocycles. The van der Waals surface area contributed by atoms with Crippen molar-refractivity contribution in [3.63, 3.8) is 0 Å². The lowest BCUT2D eigenvalue weighted by atomic mass is 10.2. The van der Waals surface area contributed by atoms with Crippen LogP contribution in [-0.4, -0.2) is 54.6 Å². The summed E-state index contributed by atoms with van der Waals surface area (Å²) in [7, 11) is 1.92. The van der Waals surface area contributed by atoms with Gasteiger partial charge in [-0.2, -0.15) is 0 Å². The molecule has 1 aromatic heterocycles. The summed E-state index contributed by atoms with van der Waals surface area (Å²) in [5.74, 6) is -0.243. The first kappa shape index (κ1) is 18.5. The van der Waals surface area contributed by atoms with Gasteiger partial charge in [0.15, 0.2) is 0 Å². The fourth-order valence-corrected chi connectivity index (χ4v) is 3.81. The Bertz CT molecular complexity index is 958. The number of aromatic nitrogens is 1. The van der Waals surface area contributed by atoms with Crippen molar-refractivity contribution < 1.29 is 9.18 Å². The van der Waals surface area contributed by atoms with Crippen LogP contribution in [0.5, 0.6) is 0 Å². The molecular formula is C22H25FN4O. The second kappa shape index (κ2) is 8.02. The molecular weight excluding hydrogens is 355 g/mol. The number of hydrogen-bond acceptors (Lipinski definition) is 3. The zero-order chi connectivity index (χ0) is 19.5. The average molecular weight is 380 g/mol. The Balaban J connectivity index is 1.26. The third kappa shape index (κ3) is 3.87. The van der Waals surface area contributed by atoms with Crippen molar-refractivity contribution in [1.29, 1.82) is 0 Å². The van der Waals surface area contributed by atoms with Crippen molar-refractivity contribution in [2.45, 2.75) is 0 Å². The summed E-state index contributed by atoms with van der Waals surface area (Å²) in [5, 5.41) is 4.12.